The minimum absolute atomic E-state index is 0.00490. The van der Waals surface area contributed by atoms with Gasteiger partial charge in [-0.2, -0.15) is 0 Å². The highest BCUT2D eigenvalue weighted by molar-refractivity contribution is 6.31. The Kier molecular flexibility index (Phi) is 6.15. The summed E-state index contributed by atoms with van der Waals surface area (Å²) >= 11 is 5.98. The Labute approximate surface area is 146 Å². The van der Waals surface area contributed by atoms with E-state index in [9.17, 15) is 9.59 Å². The number of anilines is 1. The Morgan fingerprint density at radius 1 is 1.08 bits per heavy atom. The predicted octanol–water partition coefficient (Wildman–Crippen LogP) is 4.13. The van der Waals surface area contributed by atoms with Crippen LogP contribution in [0.15, 0.2) is 54.6 Å². The smallest absolute Gasteiger partial charge is 0.253 e. The Balaban J connectivity index is 2.16. The van der Waals surface area contributed by atoms with Crippen molar-refractivity contribution in [3.8, 4) is 0 Å². The minimum atomic E-state index is -0.334. The summed E-state index contributed by atoms with van der Waals surface area (Å²) in [5, 5.41) is 5.95. The predicted molar refractivity (Wildman–Crippen MR) is 98.2 cm³/mol. The van der Waals surface area contributed by atoms with Gasteiger partial charge in [0.1, 0.15) is 0 Å². The third-order valence-electron chi connectivity index (χ3n) is 3.13. The molecule has 0 aromatic heterocycles. The molecule has 0 fully saturated rings. The van der Waals surface area contributed by atoms with Crippen molar-refractivity contribution < 1.29 is 9.59 Å². The Morgan fingerprint density at radius 3 is 2.46 bits per heavy atom. The molecule has 4 nitrogen and oxygen atoms in total. The summed E-state index contributed by atoms with van der Waals surface area (Å²) in [7, 11) is 0. The lowest BCUT2D eigenvalue weighted by Crippen LogP contribution is -2.31. The molecular weight excluding hydrogens is 324 g/mol. The molecule has 0 saturated carbocycles. The van der Waals surface area contributed by atoms with Crippen LogP contribution in [0.2, 0.25) is 5.02 Å². The maximum absolute atomic E-state index is 12.2. The Hall–Kier alpha value is -2.59. The first-order chi connectivity index (χ1) is 11.5. The number of nitrogens with one attached hydrogen (secondary N) is 2. The zero-order chi connectivity index (χ0) is 17.5. The van der Waals surface area contributed by atoms with Gasteiger partial charge in [0.15, 0.2) is 0 Å². The number of hydrogen-bond donors (Lipinski definition) is 2. The molecule has 2 rings (SSSR count). The zero-order valence-corrected chi connectivity index (χ0v) is 14.3. The van der Waals surface area contributed by atoms with Crippen molar-refractivity contribution in [1.29, 1.82) is 0 Å². The molecule has 2 N–H and O–H groups in total. The van der Waals surface area contributed by atoms with E-state index in [2.05, 4.69) is 10.6 Å². The first kappa shape index (κ1) is 17.8. The molecule has 24 heavy (non-hydrogen) atoms. The summed E-state index contributed by atoms with van der Waals surface area (Å²) in [6.07, 6.45) is 3.12. The maximum atomic E-state index is 12.2. The van der Waals surface area contributed by atoms with E-state index in [-0.39, 0.29) is 17.9 Å². The van der Waals surface area contributed by atoms with Crippen LogP contribution >= 0.6 is 11.6 Å². The second-order valence-corrected chi connectivity index (χ2v) is 5.99. The van der Waals surface area contributed by atoms with Crippen molar-refractivity contribution in [2.45, 2.75) is 19.9 Å². The van der Waals surface area contributed by atoms with Crippen LogP contribution in [-0.2, 0) is 4.79 Å². The van der Waals surface area contributed by atoms with Gasteiger partial charge < -0.3 is 10.6 Å². The summed E-state index contributed by atoms with van der Waals surface area (Å²) in [6.45, 7) is 3.74. The first-order valence-corrected chi connectivity index (χ1v) is 7.98. The number of rotatable bonds is 5. The van der Waals surface area contributed by atoms with Gasteiger partial charge in [-0.3, -0.25) is 9.59 Å². The van der Waals surface area contributed by atoms with Crippen LogP contribution in [0, 0.1) is 0 Å². The van der Waals surface area contributed by atoms with Crippen molar-refractivity contribution in [2.24, 2.45) is 0 Å². The highest BCUT2D eigenvalue weighted by Crippen LogP contribution is 2.21. The van der Waals surface area contributed by atoms with Gasteiger partial charge >= 0.3 is 0 Å². The lowest BCUT2D eigenvalue weighted by atomic mass is 10.1. The molecule has 2 amide bonds. The van der Waals surface area contributed by atoms with E-state index < -0.39 is 0 Å². The van der Waals surface area contributed by atoms with E-state index in [1.165, 1.54) is 6.08 Å². The van der Waals surface area contributed by atoms with Crippen molar-refractivity contribution >= 4 is 35.2 Å². The fraction of sp³-hybridized carbons (Fsp3) is 0.158. The van der Waals surface area contributed by atoms with Crippen molar-refractivity contribution in [1.82, 2.24) is 5.32 Å². The SMILES string of the molecule is CC(C)NC(=O)c1ccc(Cl)cc1NC(=O)C=Cc1ccccc1. The van der Waals surface area contributed by atoms with Crippen LogP contribution in [0.5, 0.6) is 0 Å². The molecule has 0 heterocycles. The maximum Gasteiger partial charge on any atom is 0.253 e. The largest absolute Gasteiger partial charge is 0.350 e. The van der Waals surface area contributed by atoms with E-state index in [0.29, 0.717) is 16.3 Å². The van der Waals surface area contributed by atoms with Crippen LogP contribution in [-0.4, -0.2) is 17.9 Å². The zero-order valence-electron chi connectivity index (χ0n) is 13.5. The van der Waals surface area contributed by atoms with E-state index in [1.54, 1.807) is 24.3 Å². The third-order valence-corrected chi connectivity index (χ3v) is 3.37. The molecule has 0 atom stereocenters. The van der Waals surface area contributed by atoms with Gasteiger partial charge in [-0.15, -0.1) is 0 Å². The molecule has 0 aliphatic rings. The van der Waals surface area contributed by atoms with Crippen molar-refractivity contribution in [3.63, 3.8) is 0 Å². The summed E-state index contributed by atoms with van der Waals surface area (Å²) in [6, 6.07) is 14.2. The average Bonchev–Trinajstić information content (AvgIpc) is 2.53. The molecule has 0 unspecified atom stereocenters. The van der Waals surface area contributed by atoms with Gasteiger partial charge in [0.25, 0.3) is 5.91 Å². The van der Waals surface area contributed by atoms with E-state index in [1.807, 2.05) is 44.2 Å². The van der Waals surface area contributed by atoms with Gasteiger partial charge in [-0.1, -0.05) is 41.9 Å². The monoisotopic (exact) mass is 342 g/mol. The first-order valence-electron chi connectivity index (χ1n) is 7.60. The molecular formula is C19H19ClN2O2. The van der Waals surface area contributed by atoms with Crippen LogP contribution in [0.4, 0.5) is 5.69 Å². The quantitative estimate of drug-likeness (QED) is 0.803. The fourth-order valence-corrected chi connectivity index (χ4v) is 2.24. The van der Waals surface area contributed by atoms with E-state index >= 15 is 0 Å². The molecule has 0 spiro atoms. The van der Waals surface area contributed by atoms with E-state index in [4.69, 9.17) is 11.6 Å². The molecule has 0 radical (unpaired) electrons. The standard InChI is InChI=1S/C19H19ClN2O2/c1-13(2)21-19(24)16-10-9-15(20)12-17(16)22-18(23)11-8-14-6-4-3-5-7-14/h3-13H,1-2H3,(H,21,24)(H,22,23). The summed E-state index contributed by atoms with van der Waals surface area (Å²) < 4.78 is 0. The Bertz CT molecular complexity index is 755. The molecule has 2 aromatic rings. The Morgan fingerprint density at radius 2 is 1.79 bits per heavy atom. The fourth-order valence-electron chi connectivity index (χ4n) is 2.07. The summed E-state index contributed by atoms with van der Waals surface area (Å²) in [5.74, 6) is -0.594. The second kappa shape index (κ2) is 8.31. The molecule has 124 valence electrons. The molecule has 5 heteroatoms. The summed E-state index contributed by atoms with van der Waals surface area (Å²) in [4.78, 5) is 24.3. The number of carbonyl (C=O) groups is 2. The van der Waals surface area contributed by atoms with Crippen LogP contribution < -0.4 is 10.6 Å². The normalized spacial score (nSPS) is 10.8. The number of benzene rings is 2. The highest BCUT2D eigenvalue weighted by Gasteiger charge is 2.14. The highest BCUT2D eigenvalue weighted by atomic mass is 35.5. The topological polar surface area (TPSA) is 58.2 Å². The van der Waals surface area contributed by atoms with Crippen LogP contribution in [0.1, 0.15) is 29.8 Å². The average molecular weight is 343 g/mol. The van der Waals surface area contributed by atoms with Gasteiger partial charge in [0, 0.05) is 17.1 Å². The molecule has 0 bridgehead atoms. The third kappa shape index (κ3) is 5.25. The van der Waals surface area contributed by atoms with Gasteiger partial charge in [0.2, 0.25) is 5.91 Å². The van der Waals surface area contributed by atoms with Crippen molar-refractivity contribution in [3.05, 3.63) is 70.8 Å². The second-order valence-electron chi connectivity index (χ2n) is 5.55. The van der Waals surface area contributed by atoms with Crippen molar-refractivity contribution in [2.75, 3.05) is 5.32 Å². The number of carbonyl (C=O) groups excluding carboxylic acids is 2. The molecule has 2 aromatic carbocycles. The lowest BCUT2D eigenvalue weighted by molar-refractivity contribution is -0.111. The number of amides is 2. The molecule has 0 aliphatic heterocycles. The number of halogens is 1. The molecule has 0 saturated heterocycles. The number of hydrogen-bond acceptors (Lipinski definition) is 2. The summed E-state index contributed by atoms with van der Waals surface area (Å²) in [5.41, 5.74) is 1.66. The molecule has 0 aliphatic carbocycles. The van der Waals surface area contributed by atoms with Crippen LogP contribution in [0.3, 0.4) is 0 Å². The van der Waals surface area contributed by atoms with Gasteiger partial charge in [-0.25, -0.2) is 0 Å². The minimum Gasteiger partial charge on any atom is -0.350 e. The lowest BCUT2D eigenvalue weighted by Gasteiger charge is -2.13. The van der Waals surface area contributed by atoms with E-state index in [0.717, 1.165) is 5.56 Å². The van der Waals surface area contributed by atoms with Gasteiger partial charge in [-0.05, 0) is 43.7 Å². The van der Waals surface area contributed by atoms with Gasteiger partial charge in [0.05, 0.1) is 11.3 Å². The van der Waals surface area contributed by atoms with Crippen LogP contribution in [0.25, 0.3) is 6.08 Å².